The number of hydrogen-bond acceptors (Lipinski definition) is 5. The van der Waals surface area contributed by atoms with E-state index >= 15 is 0 Å². The predicted octanol–water partition coefficient (Wildman–Crippen LogP) is 2.26. The Bertz CT molecular complexity index is 584. The Kier molecular flexibility index (Phi) is 2.92. The van der Waals surface area contributed by atoms with Gasteiger partial charge in [-0.05, 0) is 31.4 Å². The molecule has 2 aromatic rings. The van der Waals surface area contributed by atoms with Gasteiger partial charge in [0.15, 0.2) is 6.61 Å². The van der Waals surface area contributed by atoms with E-state index in [9.17, 15) is 0 Å². The van der Waals surface area contributed by atoms with Gasteiger partial charge in [-0.15, -0.1) is 0 Å². The highest BCUT2D eigenvalue weighted by Crippen LogP contribution is 2.39. The number of para-hydroxylation sites is 1. The summed E-state index contributed by atoms with van der Waals surface area (Å²) in [6.45, 7) is 0.349. The molecule has 104 valence electrons. The van der Waals surface area contributed by atoms with Gasteiger partial charge in [-0.2, -0.15) is 4.98 Å². The molecule has 3 heterocycles. The number of fused-ring (bicyclic) bond motifs is 2. The Morgan fingerprint density at radius 3 is 2.90 bits per heavy atom. The molecule has 3 atom stereocenters. The predicted molar refractivity (Wildman–Crippen MR) is 72.4 cm³/mol. The Balaban J connectivity index is 1.41. The molecule has 4 rings (SSSR count). The van der Waals surface area contributed by atoms with Crippen molar-refractivity contribution in [2.24, 2.45) is 0 Å². The monoisotopic (exact) mass is 271 g/mol. The van der Waals surface area contributed by atoms with Crippen molar-refractivity contribution < 1.29 is 9.26 Å². The zero-order valence-corrected chi connectivity index (χ0v) is 11.2. The van der Waals surface area contributed by atoms with Crippen molar-refractivity contribution in [2.75, 3.05) is 0 Å². The fourth-order valence-electron chi connectivity index (χ4n) is 3.24. The zero-order valence-electron chi connectivity index (χ0n) is 11.2. The maximum atomic E-state index is 5.63. The summed E-state index contributed by atoms with van der Waals surface area (Å²) in [6, 6.07) is 10.8. The molecule has 0 radical (unpaired) electrons. The fourth-order valence-corrected chi connectivity index (χ4v) is 3.24. The minimum atomic E-state index is 0.349. The molecule has 0 spiro atoms. The van der Waals surface area contributed by atoms with Crippen LogP contribution in [-0.4, -0.2) is 22.2 Å². The Labute approximate surface area is 117 Å². The first-order valence-corrected chi connectivity index (χ1v) is 7.15. The normalized spacial score (nSPS) is 27.9. The van der Waals surface area contributed by atoms with E-state index in [4.69, 9.17) is 9.26 Å². The van der Waals surface area contributed by atoms with Crippen molar-refractivity contribution in [1.82, 2.24) is 15.5 Å². The summed E-state index contributed by atoms with van der Waals surface area (Å²) in [5.74, 6) is 2.58. The zero-order chi connectivity index (χ0) is 13.4. The van der Waals surface area contributed by atoms with Crippen LogP contribution in [0.2, 0.25) is 0 Å². The Morgan fingerprint density at radius 2 is 2.15 bits per heavy atom. The summed E-state index contributed by atoms with van der Waals surface area (Å²) in [5.41, 5.74) is 0. The highest BCUT2D eigenvalue weighted by Gasteiger charge is 2.42. The molecule has 0 saturated carbocycles. The van der Waals surface area contributed by atoms with Crippen molar-refractivity contribution in [3.05, 3.63) is 42.0 Å². The number of hydrogen-bond donors (Lipinski definition) is 1. The molecule has 0 amide bonds. The molecule has 3 unspecified atom stereocenters. The lowest BCUT2D eigenvalue weighted by Crippen LogP contribution is -2.21. The number of benzene rings is 1. The van der Waals surface area contributed by atoms with Gasteiger partial charge in [0.25, 0.3) is 0 Å². The van der Waals surface area contributed by atoms with Crippen LogP contribution in [0.1, 0.15) is 36.9 Å². The van der Waals surface area contributed by atoms with Gasteiger partial charge in [-0.1, -0.05) is 23.4 Å². The van der Waals surface area contributed by atoms with Crippen LogP contribution < -0.4 is 10.1 Å². The van der Waals surface area contributed by atoms with E-state index in [0.29, 0.717) is 30.4 Å². The summed E-state index contributed by atoms with van der Waals surface area (Å²) in [4.78, 5) is 4.48. The maximum absolute atomic E-state index is 5.63. The fraction of sp³-hybridized carbons (Fsp3) is 0.467. The lowest BCUT2D eigenvalue weighted by atomic mass is 9.89. The summed E-state index contributed by atoms with van der Waals surface area (Å²) >= 11 is 0. The molecule has 20 heavy (non-hydrogen) atoms. The number of rotatable bonds is 4. The lowest BCUT2D eigenvalue weighted by molar-refractivity contribution is 0.282. The van der Waals surface area contributed by atoms with Gasteiger partial charge in [-0.3, -0.25) is 0 Å². The molecule has 2 bridgehead atoms. The van der Waals surface area contributed by atoms with Crippen molar-refractivity contribution in [3.63, 3.8) is 0 Å². The maximum Gasteiger partial charge on any atom is 0.231 e. The molecule has 2 fully saturated rings. The van der Waals surface area contributed by atoms with Crippen LogP contribution in [0.15, 0.2) is 34.9 Å². The summed E-state index contributed by atoms with van der Waals surface area (Å²) in [7, 11) is 0. The van der Waals surface area contributed by atoms with Gasteiger partial charge in [0, 0.05) is 12.1 Å². The van der Waals surface area contributed by atoms with E-state index in [-0.39, 0.29) is 0 Å². The highest BCUT2D eigenvalue weighted by atomic mass is 16.5. The average molecular weight is 271 g/mol. The van der Waals surface area contributed by atoms with Gasteiger partial charge in [-0.25, -0.2) is 0 Å². The Morgan fingerprint density at radius 1 is 1.25 bits per heavy atom. The van der Waals surface area contributed by atoms with Gasteiger partial charge in [0.2, 0.25) is 11.7 Å². The second kappa shape index (κ2) is 4.90. The smallest absolute Gasteiger partial charge is 0.231 e. The molecule has 1 aromatic heterocycles. The first-order valence-electron chi connectivity index (χ1n) is 7.15. The summed E-state index contributed by atoms with van der Waals surface area (Å²) in [6.07, 6.45) is 3.61. The third-order valence-corrected chi connectivity index (χ3v) is 4.21. The lowest BCUT2D eigenvalue weighted by Gasteiger charge is -2.15. The summed E-state index contributed by atoms with van der Waals surface area (Å²) < 4.78 is 11.0. The molecule has 2 aliphatic rings. The van der Waals surface area contributed by atoms with Crippen LogP contribution in [0.3, 0.4) is 0 Å². The van der Waals surface area contributed by atoms with Gasteiger partial charge < -0.3 is 14.6 Å². The second-order valence-electron chi connectivity index (χ2n) is 5.54. The number of nitrogens with one attached hydrogen (secondary N) is 1. The molecular formula is C15H17N3O2. The standard InChI is InChI=1S/C15H17N3O2/c1-2-4-11(5-3-1)19-9-14-17-15(20-18-14)12-8-10-6-7-13(12)16-10/h1-5,10,12-13,16H,6-9H2. The number of ether oxygens (including phenoxy) is 1. The largest absolute Gasteiger partial charge is 0.485 e. The van der Waals surface area contributed by atoms with Crippen LogP contribution in [0.25, 0.3) is 0 Å². The molecule has 5 nitrogen and oxygen atoms in total. The van der Waals surface area contributed by atoms with E-state index in [2.05, 4.69) is 15.5 Å². The minimum Gasteiger partial charge on any atom is -0.485 e. The third-order valence-electron chi connectivity index (χ3n) is 4.21. The van der Waals surface area contributed by atoms with Crippen molar-refractivity contribution >= 4 is 0 Å². The van der Waals surface area contributed by atoms with Gasteiger partial charge >= 0.3 is 0 Å². The molecule has 2 saturated heterocycles. The van der Waals surface area contributed by atoms with Crippen LogP contribution in [0.4, 0.5) is 0 Å². The van der Waals surface area contributed by atoms with E-state index in [0.717, 1.165) is 18.1 Å². The molecule has 0 aliphatic carbocycles. The van der Waals surface area contributed by atoms with Crippen LogP contribution in [0, 0.1) is 0 Å². The highest BCUT2D eigenvalue weighted by molar-refractivity contribution is 5.21. The van der Waals surface area contributed by atoms with E-state index in [1.165, 1.54) is 12.8 Å². The second-order valence-corrected chi connectivity index (χ2v) is 5.54. The van der Waals surface area contributed by atoms with Gasteiger partial charge in [0.1, 0.15) is 5.75 Å². The van der Waals surface area contributed by atoms with Crippen molar-refractivity contribution in [1.29, 1.82) is 0 Å². The molecular weight excluding hydrogens is 254 g/mol. The molecule has 5 heteroatoms. The number of nitrogens with zero attached hydrogens (tertiary/aromatic N) is 2. The SMILES string of the molecule is c1ccc(OCc2noc(C3CC4CCC3N4)n2)cc1. The van der Waals surface area contributed by atoms with Crippen LogP contribution in [-0.2, 0) is 6.61 Å². The first kappa shape index (κ1) is 11.9. The summed E-state index contributed by atoms with van der Waals surface area (Å²) in [5, 5.41) is 7.60. The average Bonchev–Trinajstić information content (AvgIpc) is 3.22. The first-order chi connectivity index (χ1) is 9.88. The number of aromatic nitrogens is 2. The third kappa shape index (κ3) is 2.18. The molecule has 2 aliphatic heterocycles. The van der Waals surface area contributed by atoms with Crippen LogP contribution in [0.5, 0.6) is 5.75 Å². The van der Waals surface area contributed by atoms with Gasteiger partial charge in [0.05, 0.1) is 5.92 Å². The minimum absolute atomic E-state index is 0.349. The van der Waals surface area contributed by atoms with E-state index < -0.39 is 0 Å². The van der Waals surface area contributed by atoms with Crippen LogP contribution >= 0.6 is 0 Å². The Hall–Kier alpha value is -1.88. The van der Waals surface area contributed by atoms with E-state index in [1.807, 2.05) is 30.3 Å². The van der Waals surface area contributed by atoms with E-state index in [1.54, 1.807) is 0 Å². The quantitative estimate of drug-likeness (QED) is 0.924. The van der Waals surface area contributed by atoms with Crippen molar-refractivity contribution in [3.8, 4) is 5.75 Å². The molecule has 1 N–H and O–H groups in total. The molecule has 1 aromatic carbocycles. The van der Waals surface area contributed by atoms with Crippen molar-refractivity contribution in [2.45, 2.75) is 43.9 Å². The topological polar surface area (TPSA) is 60.2 Å².